The monoisotopic (exact) mass is 472 g/mol. The molecule has 0 unspecified atom stereocenters. The van der Waals surface area contributed by atoms with Gasteiger partial charge in [0.05, 0.1) is 32.4 Å². The number of ether oxygens (including phenoxy) is 2. The number of amides is 1. The van der Waals surface area contributed by atoms with Crippen LogP contribution in [-0.2, 0) is 10.0 Å². The molecule has 1 fully saturated rings. The predicted molar refractivity (Wildman–Crippen MR) is 121 cm³/mol. The highest BCUT2D eigenvalue weighted by Gasteiger charge is 2.31. The van der Waals surface area contributed by atoms with E-state index in [0.29, 0.717) is 43.4 Å². The van der Waals surface area contributed by atoms with Crippen LogP contribution in [0.3, 0.4) is 0 Å². The molecule has 1 aromatic carbocycles. The number of benzene rings is 1. The molecule has 0 saturated carbocycles. The van der Waals surface area contributed by atoms with Crippen molar-refractivity contribution in [3.05, 3.63) is 60.7 Å². The Morgan fingerprint density at radius 1 is 1.06 bits per heavy atom. The van der Waals surface area contributed by atoms with E-state index in [1.807, 2.05) is 4.90 Å². The molecule has 1 N–H and O–H groups in total. The van der Waals surface area contributed by atoms with Gasteiger partial charge in [0.25, 0.3) is 5.91 Å². The molecule has 1 saturated heterocycles. The molecule has 0 atom stereocenters. The van der Waals surface area contributed by atoms with E-state index in [9.17, 15) is 13.2 Å². The summed E-state index contributed by atoms with van der Waals surface area (Å²) in [6.07, 6.45) is 2.99. The molecule has 0 radical (unpaired) electrons. The van der Waals surface area contributed by atoms with Gasteiger partial charge in [-0.1, -0.05) is 0 Å². The summed E-state index contributed by atoms with van der Waals surface area (Å²) >= 11 is 0. The molecular formula is C22H24N4O6S. The van der Waals surface area contributed by atoms with E-state index in [-0.39, 0.29) is 22.3 Å². The Morgan fingerprint density at radius 3 is 2.45 bits per heavy atom. The van der Waals surface area contributed by atoms with Crippen molar-refractivity contribution in [2.24, 2.45) is 0 Å². The average Bonchev–Trinajstić information content (AvgIpc) is 3.39. The molecule has 0 bridgehead atoms. The molecule has 10 nitrogen and oxygen atoms in total. The standard InChI is InChI=1S/C22H24N4O6S/c1-30-17-6-7-20(19(14-17)31-2)33(28,29)26-11-9-25(10-12-26)21-8-5-16(15-23-21)24-22(27)18-4-3-13-32-18/h3-8,13-15H,9-12H2,1-2H3,(H,24,27). The molecule has 3 heterocycles. The first kappa shape index (κ1) is 22.6. The predicted octanol–water partition coefficient (Wildman–Crippen LogP) is 2.46. The van der Waals surface area contributed by atoms with Gasteiger partial charge in [-0.2, -0.15) is 4.31 Å². The van der Waals surface area contributed by atoms with Gasteiger partial charge >= 0.3 is 0 Å². The lowest BCUT2D eigenvalue weighted by atomic mass is 10.3. The van der Waals surface area contributed by atoms with Crippen LogP contribution < -0.4 is 19.7 Å². The molecular weight excluding hydrogens is 448 g/mol. The zero-order valence-electron chi connectivity index (χ0n) is 18.2. The van der Waals surface area contributed by atoms with Crippen LogP contribution in [0.25, 0.3) is 0 Å². The lowest BCUT2D eigenvalue weighted by molar-refractivity contribution is 0.0996. The molecule has 11 heteroatoms. The molecule has 3 aromatic rings. The number of methoxy groups -OCH3 is 2. The summed E-state index contributed by atoms with van der Waals surface area (Å²) < 4.78 is 43.3. The summed E-state index contributed by atoms with van der Waals surface area (Å²) in [5.74, 6) is 1.31. The fraction of sp³-hybridized carbons (Fsp3) is 0.273. The lowest BCUT2D eigenvalue weighted by Gasteiger charge is -2.34. The second-order valence-electron chi connectivity index (χ2n) is 7.24. The number of nitrogens with one attached hydrogen (secondary N) is 1. The molecule has 0 aliphatic carbocycles. The van der Waals surface area contributed by atoms with Crippen molar-refractivity contribution in [3.8, 4) is 11.5 Å². The second kappa shape index (κ2) is 9.51. The van der Waals surface area contributed by atoms with Gasteiger partial charge in [-0.3, -0.25) is 4.79 Å². The minimum absolute atomic E-state index is 0.106. The van der Waals surface area contributed by atoms with Crippen LogP contribution in [-0.4, -0.2) is 64.0 Å². The summed E-state index contributed by atoms with van der Waals surface area (Å²) in [5, 5.41) is 2.72. The first-order valence-electron chi connectivity index (χ1n) is 10.2. The number of rotatable bonds is 7. The van der Waals surface area contributed by atoms with Gasteiger partial charge in [0.1, 0.15) is 22.2 Å². The van der Waals surface area contributed by atoms with Crippen molar-refractivity contribution in [3.63, 3.8) is 0 Å². The molecule has 1 amide bonds. The van der Waals surface area contributed by atoms with E-state index in [0.717, 1.165) is 0 Å². The number of hydrogen-bond donors (Lipinski definition) is 1. The fourth-order valence-electron chi connectivity index (χ4n) is 3.53. The maximum atomic E-state index is 13.2. The lowest BCUT2D eigenvalue weighted by Crippen LogP contribution is -2.49. The molecule has 2 aromatic heterocycles. The smallest absolute Gasteiger partial charge is 0.291 e. The number of carbonyl (C=O) groups excluding carboxylic acids is 1. The van der Waals surface area contributed by atoms with E-state index in [2.05, 4.69) is 10.3 Å². The molecule has 1 aliphatic heterocycles. The van der Waals surface area contributed by atoms with Gasteiger partial charge in [0.2, 0.25) is 10.0 Å². The largest absolute Gasteiger partial charge is 0.497 e. The molecule has 174 valence electrons. The Balaban J connectivity index is 1.40. The van der Waals surface area contributed by atoms with Gasteiger partial charge in [-0.05, 0) is 36.4 Å². The summed E-state index contributed by atoms with van der Waals surface area (Å²) in [6, 6.07) is 11.4. The third kappa shape index (κ3) is 4.78. The minimum atomic E-state index is -3.73. The van der Waals surface area contributed by atoms with E-state index in [1.165, 1.54) is 30.9 Å². The van der Waals surface area contributed by atoms with Crippen LogP contribution in [0.4, 0.5) is 11.5 Å². The van der Waals surface area contributed by atoms with Crippen LogP contribution in [0.1, 0.15) is 10.6 Å². The number of pyridine rings is 1. The van der Waals surface area contributed by atoms with Gasteiger partial charge in [-0.25, -0.2) is 13.4 Å². The Hall–Kier alpha value is -3.57. The number of sulfonamides is 1. The Morgan fingerprint density at radius 2 is 1.85 bits per heavy atom. The first-order chi connectivity index (χ1) is 15.9. The van der Waals surface area contributed by atoms with E-state index in [4.69, 9.17) is 13.9 Å². The van der Waals surface area contributed by atoms with Crippen molar-refractivity contribution in [2.45, 2.75) is 4.90 Å². The van der Waals surface area contributed by atoms with Gasteiger partial charge < -0.3 is 24.1 Å². The first-order valence-corrected chi connectivity index (χ1v) is 11.6. The Labute approximate surface area is 191 Å². The van der Waals surface area contributed by atoms with Crippen molar-refractivity contribution in [1.82, 2.24) is 9.29 Å². The molecule has 33 heavy (non-hydrogen) atoms. The van der Waals surface area contributed by atoms with E-state index >= 15 is 0 Å². The van der Waals surface area contributed by atoms with Crippen LogP contribution in [0.15, 0.2) is 64.2 Å². The average molecular weight is 473 g/mol. The SMILES string of the molecule is COc1ccc(S(=O)(=O)N2CCN(c3ccc(NC(=O)c4ccco4)cn3)CC2)c(OC)c1. The van der Waals surface area contributed by atoms with E-state index < -0.39 is 10.0 Å². The van der Waals surface area contributed by atoms with E-state index in [1.54, 1.807) is 42.6 Å². The van der Waals surface area contributed by atoms with Gasteiger partial charge in [-0.15, -0.1) is 0 Å². The van der Waals surface area contributed by atoms with Crippen LogP contribution in [0, 0.1) is 0 Å². The molecule has 4 rings (SSSR count). The maximum Gasteiger partial charge on any atom is 0.291 e. The number of hydrogen-bond acceptors (Lipinski definition) is 8. The molecule has 0 spiro atoms. The Kier molecular flexibility index (Phi) is 6.52. The minimum Gasteiger partial charge on any atom is -0.497 e. The highest BCUT2D eigenvalue weighted by atomic mass is 32.2. The van der Waals surface area contributed by atoms with Gasteiger partial charge in [0, 0.05) is 32.2 Å². The fourth-order valence-corrected chi connectivity index (χ4v) is 5.09. The summed E-state index contributed by atoms with van der Waals surface area (Å²) in [5.41, 5.74) is 0.535. The van der Waals surface area contributed by atoms with Crippen molar-refractivity contribution >= 4 is 27.4 Å². The second-order valence-corrected chi connectivity index (χ2v) is 9.15. The summed E-state index contributed by atoms with van der Waals surface area (Å²) in [6.45, 7) is 1.55. The number of furan rings is 1. The molecule has 1 aliphatic rings. The normalized spacial score (nSPS) is 14.7. The third-order valence-electron chi connectivity index (χ3n) is 5.30. The summed E-state index contributed by atoms with van der Waals surface area (Å²) in [4.78, 5) is 18.6. The number of carbonyl (C=O) groups is 1. The van der Waals surface area contributed by atoms with Crippen LogP contribution in [0.2, 0.25) is 0 Å². The topological polar surface area (TPSA) is 114 Å². The third-order valence-corrected chi connectivity index (χ3v) is 7.24. The van der Waals surface area contributed by atoms with Gasteiger partial charge in [0.15, 0.2) is 5.76 Å². The van der Waals surface area contributed by atoms with Crippen molar-refractivity contribution < 1.29 is 27.1 Å². The number of nitrogens with zero attached hydrogens (tertiary/aromatic N) is 3. The number of anilines is 2. The Bertz CT molecular complexity index is 1200. The highest BCUT2D eigenvalue weighted by Crippen LogP contribution is 2.31. The summed E-state index contributed by atoms with van der Waals surface area (Å²) in [7, 11) is -0.789. The number of piperazine rings is 1. The highest BCUT2D eigenvalue weighted by molar-refractivity contribution is 7.89. The zero-order chi connectivity index (χ0) is 23.4. The van der Waals surface area contributed by atoms with Crippen molar-refractivity contribution in [1.29, 1.82) is 0 Å². The quantitative estimate of drug-likeness (QED) is 0.558. The van der Waals surface area contributed by atoms with Crippen molar-refractivity contribution in [2.75, 3.05) is 50.6 Å². The number of aromatic nitrogens is 1. The van der Waals surface area contributed by atoms with Crippen LogP contribution in [0.5, 0.6) is 11.5 Å². The zero-order valence-corrected chi connectivity index (χ0v) is 19.0. The van der Waals surface area contributed by atoms with Crippen LogP contribution >= 0.6 is 0 Å². The maximum absolute atomic E-state index is 13.2.